The number of alkyl halides is 3. The molecular formula is C24H26F3N5O3. The molecule has 3 aromatic heterocycles. The number of fused-ring (bicyclic) bond motifs is 2. The highest BCUT2D eigenvalue weighted by Crippen LogP contribution is 2.38. The van der Waals surface area contributed by atoms with E-state index in [0.717, 1.165) is 0 Å². The van der Waals surface area contributed by atoms with Gasteiger partial charge >= 0.3 is 12.1 Å². The number of nitrogens with zero attached hydrogens (tertiary/aromatic N) is 3. The number of cyclic esters (lactones) is 1. The van der Waals surface area contributed by atoms with Crippen LogP contribution in [0.2, 0.25) is 0 Å². The van der Waals surface area contributed by atoms with Crippen molar-refractivity contribution in [3.05, 3.63) is 47.4 Å². The molecule has 4 heterocycles. The number of aromatic nitrogens is 3. The van der Waals surface area contributed by atoms with Crippen molar-refractivity contribution in [1.29, 1.82) is 0 Å². The minimum atomic E-state index is -4.51. The maximum absolute atomic E-state index is 12.7. The normalized spacial score (nSPS) is 17.6. The third-order valence-corrected chi connectivity index (χ3v) is 6.01. The number of halogens is 3. The Kier molecular flexibility index (Phi) is 5.87. The van der Waals surface area contributed by atoms with Gasteiger partial charge in [-0.1, -0.05) is 6.92 Å². The Labute approximate surface area is 200 Å². The summed E-state index contributed by atoms with van der Waals surface area (Å²) in [6.45, 7) is 7.64. The second kappa shape index (κ2) is 8.33. The van der Waals surface area contributed by atoms with Crippen molar-refractivity contribution in [2.45, 2.75) is 57.9 Å². The molecule has 0 saturated carbocycles. The SMILES string of the molecule is C[C@@H]1c2nc(Nc3cc4c(C(C)(C)N)cnc(OCC(F)(F)F)c4cn3)ccc2C(=O)OC1(C)C. The van der Waals surface area contributed by atoms with Gasteiger partial charge in [-0.2, -0.15) is 13.2 Å². The van der Waals surface area contributed by atoms with E-state index in [2.05, 4.69) is 20.3 Å². The fourth-order valence-corrected chi connectivity index (χ4v) is 3.85. The van der Waals surface area contributed by atoms with Gasteiger partial charge in [-0.3, -0.25) is 0 Å². The third-order valence-electron chi connectivity index (χ3n) is 6.01. The van der Waals surface area contributed by atoms with E-state index in [-0.39, 0.29) is 11.8 Å². The average molecular weight is 489 g/mol. The van der Waals surface area contributed by atoms with Crippen LogP contribution >= 0.6 is 0 Å². The first-order valence-corrected chi connectivity index (χ1v) is 10.9. The average Bonchev–Trinajstić information content (AvgIpc) is 2.74. The van der Waals surface area contributed by atoms with Crippen LogP contribution in [0.15, 0.2) is 30.6 Å². The number of hydrogen-bond donors (Lipinski definition) is 2. The van der Waals surface area contributed by atoms with Crippen molar-refractivity contribution in [2.75, 3.05) is 11.9 Å². The van der Waals surface area contributed by atoms with E-state index in [0.29, 0.717) is 39.2 Å². The van der Waals surface area contributed by atoms with Gasteiger partial charge in [0.05, 0.1) is 16.6 Å². The summed E-state index contributed by atoms with van der Waals surface area (Å²) in [5.41, 5.74) is 6.36. The number of carbonyl (C=O) groups excluding carboxylic acids is 1. The van der Waals surface area contributed by atoms with Gasteiger partial charge in [0.1, 0.15) is 17.2 Å². The lowest BCUT2D eigenvalue weighted by molar-refractivity contribution is -0.153. The highest BCUT2D eigenvalue weighted by Gasteiger charge is 2.40. The Morgan fingerprint density at radius 2 is 1.86 bits per heavy atom. The van der Waals surface area contributed by atoms with Crippen molar-refractivity contribution >= 4 is 28.4 Å². The number of nitrogens with two attached hydrogens (primary N) is 1. The van der Waals surface area contributed by atoms with Crippen LogP contribution in [0.5, 0.6) is 5.88 Å². The van der Waals surface area contributed by atoms with Crippen molar-refractivity contribution in [1.82, 2.24) is 15.0 Å². The first-order valence-electron chi connectivity index (χ1n) is 10.9. The number of esters is 1. The standard InChI is InChI=1S/C24H26F3N5O3/c1-12-19-13(21(33)35-23(12,4)5)6-7-17(32-19)31-18-8-14-15(9-29-18)20(34-11-24(25,26)27)30-10-16(14)22(2,3)28/h6-10,12H,11,28H2,1-5H3,(H,29,31,32)/t12-/m1/s1. The van der Waals surface area contributed by atoms with E-state index in [4.69, 9.17) is 15.2 Å². The molecule has 1 aliphatic heterocycles. The summed E-state index contributed by atoms with van der Waals surface area (Å²) in [5.74, 6) is 0.0638. The Balaban J connectivity index is 1.73. The molecule has 0 spiro atoms. The first kappa shape index (κ1) is 24.6. The maximum Gasteiger partial charge on any atom is 0.422 e. The summed E-state index contributed by atoms with van der Waals surface area (Å²) in [7, 11) is 0. The summed E-state index contributed by atoms with van der Waals surface area (Å²) in [5, 5.41) is 3.95. The molecule has 0 bridgehead atoms. The zero-order chi connectivity index (χ0) is 25.8. The van der Waals surface area contributed by atoms with Crippen molar-refractivity contribution < 1.29 is 27.4 Å². The van der Waals surface area contributed by atoms with E-state index in [1.807, 2.05) is 20.8 Å². The largest absolute Gasteiger partial charge is 0.468 e. The zero-order valence-corrected chi connectivity index (χ0v) is 19.9. The van der Waals surface area contributed by atoms with Gasteiger partial charge in [0, 0.05) is 23.9 Å². The van der Waals surface area contributed by atoms with Crippen LogP contribution in [0.4, 0.5) is 24.8 Å². The van der Waals surface area contributed by atoms with Crippen molar-refractivity contribution in [3.63, 3.8) is 0 Å². The molecule has 1 atom stereocenters. The quantitative estimate of drug-likeness (QED) is 0.484. The molecule has 0 aromatic carbocycles. The van der Waals surface area contributed by atoms with E-state index in [1.165, 1.54) is 12.4 Å². The molecule has 0 saturated heterocycles. The molecule has 11 heteroatoms. The number of anilines is 2. The number of hydrogen-bond acceptors (Lipinski definition) is 8. The van der Waals surface area contributed by atoms with Gasteiger partial charge in [0.15, 0.2) is 6.61 Å². The maximum atomic E-state index is 12.7. The second-order valence-corrected chi connectivity index (χ2v) is 9.69. The monoisotopic (exact) mass is 489 g/mol. The van der Waals surface area contributed by atoms with Crippen LogP contribution in [0, 0.1) is 0 Å². The van der Waals surface area contributed by atoms with Crippen LogP contribution in [0.1, 0.15) is 62.2 Å². The molecule has 8 nitrogen and oxygen atoms in total. The highest BCUT2D eigenvalue weighted by atomic mass is 19.4. The smallest absolute Gasteiger partial charge is 0.422 e. The molecule has 4 rings (SSSR count). The van der Waals surface area contributed by atoms with Crippen LogP contribution in [0.25, 0.3) is 10.8 Å². The summed E-state index contributed by atoms with van der Waals surface area (Å²) in [4.78, 5) is 25.3. The molecule has 186 valence electrons. The summed E-state index contributed by atoms with van der Waals surface area (Å²) in [6, 6.07) is 4.93. The lowest BCUT2D eigenvalue weighted by Crippen LogP contribution is -2.39. The summed E-state index contributed by atoms with van der Waals surface area (Å²) < 4.78 is 48.5. The third kappa shape index (κ3) is 5.00. The van der Waals surface area contributed by atoms with Crippen molar-refractivity contribution in [3.8, 4) is 5.88 Å². The molecular weight excluding hydrogens is 463 g/mol. The predicted octanol–water partition coefficient (Wildman–Crippen LogP) is 4.96. The van der Waals surface area contributed by atoms with E-state index in [9.17, 15) is 18.0 Å². The molecule has 3 N–H and O–H groups in total. The molecule has 0 radical (unpaired) electrons. The van der Waals surface area contributed by atoms with Gasteiger partial charge in [0.2, 0.25) is 5.88 Å². The summed E-state index contributed by atoms with van der Waals surface area (Å²) >= 11 is 0. The molecule has 0 amide bonds. The predicted molar refractivity (Wildman–Crippen MR) is 124 cm³/mol. The van der Waals surface area contributed by atoms with Crippen LogP contribution < -0.4 is 15.8 Å². The molecule has 0 unspecified atom stereocenters. The van der Waals surface area contributed by atoms with Gasteiger partial charge in [-0.05, 0) is 56.8 Å². The molecule has 1 aliphatic rings. The van der Waals surface area contributed by atoms with Crippen LogP contribution in [0.3, 0.4) is 0 Å². The number of pyridine rings is 3. The fraction of sp³-hybridized carbons (Fsp3) is 0.417. The van der Waals surface area contributed by atoms with Gasteiger partial charge in [-0.25, -0.2) is 19.7 Å². The number of rotatable bonds is 5. The van der Waals surface area contributed by atoms with Crippen LogP contribution in [-0.2, 0) is 10.3 Å². The van der Waals surface area contributed by atoms with Crippen LogP contribution in [-0.4, -0.2) is 39.3 Å². The number of nitrogens with one attached hydrogen (secondary N) is 1. The lowest BCUT2D eigenvalue weighted by atomic mass is 9.84. The Hall–Kier alpha value is -3.47. The van der Waals surface area contributed by atoms with E-state index < -0.39 is 29.9 Å². The molecule has 35 heavy (non-hydrogen) atoms. The van der Waals surface area contributed by atoms with Gasteiger partial charge < -0.3 is 20.5 Å². The van der Waals surface area contributed by atoms with Crippen molar-refractivity contribution in [2.24, 2.45) is 5.73 Å². The van der Waals surface area contributed by atoms with Gasteiger partial charge in [0.25, 0.3) is 0 Å². The second-order valence-electron chi connectivity index (χ2n) is 9.69. The van der Waals surface area contributed by atoms with Gasteiger partial charge in [-0.15, -0.1) is 0 Å². The Morgan fingerprint density at radius 3 is 2.51 bits per heavy atom. The van der Waals surface area contributed by atoms with E-state index in [1.54, 1.807) is 32.0 Å². The Morgan fingerprint density at radius 1 is 1.14 bits per heavy atom. The Bertz CT molecular complexity index is 1300. The van der Waals surface area contributed by atoms with E-state index >= 15 is 0 Å². The molecule has 0 fully saturated rings. The lowest BCUT2D eigenvalue weighted by Gasteiger charge is -2.36. The number of carbonyl (C=O) groups is 1. The highest BCUT2D eigenvalue weighted by molar-refractivity contribution is 5.93. The minimum absolute atomic E-state index is 0.148. The molecule has 3 aromatic rings. The topological polar surface area (TPSA) is 112 Å². The summed E-state index contributed by atoms with van der Waals surface area (Å²) in [6.07, 6.45) is -1.72. The fourth-order valence-electron chi connectivity index (χ4n) is 3.85. The number of ether oxygens (including phenoxy) is 2. The molecule has 0 aliphatic carbocycles. The zero-order valence-electron chi connectivity index (χ0n) is 19.9. The first-order chi connectivity index (χ1) is 16.2. The minimum Gasteiger partial charge on any atom is -0.468 e.